The van der Waals surface area contributed by atoms with Crippen molar-refractivity contribution in [1.82, 2.24) is 20.1 Å². The summed E-state index contributed by atoms with van der Waals surface area (Å²) < 4.78 is 25.6. The molecule has 0 aliphatic carbocycles. The van der Waals surface area contributed by atoms with Gasteiger partial charge in [0.1, 0.15) is 5.82 Å². The number of amides is 2. The van der Waals surface area contributed by atoms with E-state index in [0.717, 1.165) is 17.8 Å². The molecule has 0 fully saturated rings. The molecule has 0 saturated heterocycles. The van der Waals surface area contributed by atoms with Crippen molar-refractivity contribution in [2.75, 3.05) is 25.3 Å². The minimum Gasteiger partial charge on any atom is -0.493 e. The van der Waals surface area contributed by atoms with Gasteiger partial charge in [-0.15, -0.1) is 10.2 Å². The first-order valence-corrected chi connectivity index (χ1v) is 10.9. The fourth-order valence-corrected chi connectivity index (χ4v) is 3.61. The van der Waals surface area contributed by atoms with E-state index in [9.17, 15) is 14.0 Å². The van der Waals surface area contributed by atoms with Gasteiger partial charge in [0.15, 0.2) is 22.5 Å². The van der Waals surface area contributed by atoms with E-state index in [0.29, 0.717) is 33.7 Å². The molecule has 0 radical (unpaired) electrons. The van der Waals surface area contributed by atoms with Crippen LogP contribution in [0.1, 0.15) is 16.2 Å². The van der Waals surface area contributed by atoms with E-state index in [1.807, 2.05) is 0 Å². The Kier molecular flexibility index (Phi) is 8.12. The molecule has 2 amide bonds. The van der Waals surface area contributed by atoms with Gasteiger partial charge in [0.05, 0.1) is 31.5 Å². The number of benzene rings is 2. The fourth-order valence-electron chi connectivity index (χ4n) is 2.76. The fraction of sp³-hybridized carbons (Fsp3) is 0.238. The van der Waals surface area contributed by atoms with Gasteiger partial charge in [0, 0.05) is 18.3 Å². The number of rotatable bonds is 9. The summed E-state index contributed by atoms with van der Waals surface area (Å²) in [4.78, 5) is 24.6. The number of hydrogen-bond acceptors (Lipinski definition) is 7. The lowest BCUT2D eigenvalue weighted by atomic mass is 10.2. The first kappa shape index (κ1) is 24.3. The SMILES string of the molecule is COc1ccc(C(=O)NCc2nnc(SCC(=O)Nc3ccc(Cl)c(F)c3)n2C)cc1OC. The Hall–Kier alpha value is -3.31. The lowest BCUT2D eigenvalue weighted by molar-refractivity contribution is -0.113. The lowest BCUT2D eigenvalue weighted by Crippen LogP contribution is -2.24. The molecule has 0 bridgehead atoms. The Morgan fingerprint density at radius 3 is 2.58 bits per heavy atom. The van der Waals surface area contributed by atoms with Gasteiger partial charge in [-0.1, -0.05) is 23.4 Å². The van der Waals surface area contributed by atoms with Gasteiger partial charge in [-0.3, -0.25) is 9.59 Å². The number of ether oxygens (including phenoxy) is 2. The van der Waals surface area contributed by atoms with Gasteiger partial charge in [-0.2, -0.15) is 0 Å². The number of anilines is 1. The third-order valence-corrected chi connectivity index (χ3v) is 5.84. The van der Waals surface area contributed by atoms with Crippen LogP contribution in [-0.2, 0) is 18.4 Å². The van der Waals surface area contributed by atoms with Crippen LogP contribution in [0.5, 0.6) is 11.5 Å². The van der Waals surface area contributed by atoms with Crippen LogP contribution in [0.15, 0.2) is 41.6 Å². The van der Waals surface area contributed by atoms with Crippen molar-refractivity contribution in [2.45, 2.75) is 11.7 Å². The summed E-state index contributed by atoms with van der Waals surface area (Å²) in [5.41, 5.74) is 0.707. The van der Waals surface area contributed by atoms with Crippen molar-refractivity contribution in [3.63, 3.8) is 0 Å². The smallest absolute Gasteiger partial charge is 0.251 e. The van der Waals surface area contributed by atoms with Crippen molar-refractivity contribution in [1.29, 1.82) is 0 Å². The van der Waals surface area contributed by atoms with Gasteiger partial charge in [0.2, 0.25) is 5.91 Å². The number of nitrogens with one attached hydrogen (secondary N) is 2. The summed E-state index contributed by atoms with van der Waals surface area (Å²) in [5, 5.41) is 13.9. The van der Waals surface area contributed by atoms with Crippen LogP contribution in [-0.4, -0.2) is 46.6 Å². The summed E-state index contributed by atoms with van der Waals surface area (Å²) in [5.74, 6) is 0.239. The van der Waals surface area contributed by atoms with E-state index in [1.54, 1.807) is 29.8 Å². The number of methoxy groups -OCH3 is 2. The zero-order valence-electron chi connectivity index (χ0n) is 18.0. The van der Waals surface area contributed by atoms with Crippen LogP contribution in [0, 0.1) is 5.82 Å². The van der Waals surface area contributed by atoms with Crippen molar-refractivity contribution in [2.24, 2.45) is 7.05 Å². The quantitative estimate of drug-likeness (QED) is 0.440. The maximum Gasteiger partial charge on any atom is 0.251 e. The molecule has 0 aliphatic heterocycles. The second-order valence-corrected chi connectivity index (χ2v) is 8.03. The first-order chi connectivity index (χ1) is 15.8. The second kappa shape index (κ2) is 11.0. The molecule has 2 N–H and O–H groups in total. The molecule has 3 rings (SSSR count). The molecule has 1 aromatic heterocycles. The normalized spacial score (nSPS) is 10.6. The monoisotopic (exact) mass is 493 g/mol. The standard InChI is InChI=1S/C21H21ClFN5O4S/c1-28-18(10-24-20(30)12-4-7-16(31-2)17(8-12)32-3)26-27-21(28)33-11-19(29)25-13-5-6-14(22)15(23)9-13/h4-9H,10-11H2,1-3H3,(H,24,30)(H,25,29). The average Bonchev–Trinajstić information content (AvgIpc) is 3.17. The molecule has 12 heteroatoms. The topological polar surface area (TPSA) is 107 Å². The molecule has 2 aromatic carbocycles. The van der Waals surface area contributed by atoms with E-state index in [4.69, 9.17) is 21.1 Å². The maximum atomic E-state index is 13.5. The van der Waals surface area contributed by atoms with Crippen molar-refractivity contribution >= 4 is 40.9 Å². The van der Waals surface area contributed by atoms with E-state index in [2.05, 4.69) is 20.8 Å². The summed E-state index contributed by atoms with van der Waals surface area (Å²) in [6.45, 7) is 0.132. The van der Waals surface area contributed by atoms with E-state index in [1.165, 1.54) is 26.4 Å². The number of halogens is 2. The summed E-state index contributed by atoms with van der Waals surface area (Å²) in [7, 11) is 4.74. The zero-order valence-corrected chi connectivity index (χ0v) is 19.6. The highest BCUT2D eigenvalue weighted by molar-refractivity contribution is 7.99. The summed E-state index contributed by atoms with van der Waals surface area (Å²) in [6, 6.07) is 8.87. The van der Waals surface area contributed by atoms with Crippen LogP contribution >= 0.6 is 23.4 Å². The van der Waals surface area contributed by atoms with Crippen molar-refractivity contribution in [3.05, 3.63) is 58.6 Å². The molecular weight excluding hydrogens is 473 g/mol. The zero-order chi connectivity index (χ0) is 24.0. The van der Waals surface area contributed by atoms with Crippen molar-refractivity contribution in [3.8, 4) is 11.5 Å². The van der Waals surface area contributed by atoms with Crippen molar-refractivity contribution < 1.29 is 23.5 Å². The molecule has 174 valence electrons. The van der Waals surface area contributed by atoms with Crippen LogP contribution in [0.4, 0.5) is 10.1 Å². The predicted octanol–water partition coefficient (Wildman–Crippen LogP) is 3.29. The first-order valence-electron chi connectivity index (χ1n) is 9.58. The average molecular weight is 494 g/mol. The molecule has 3 aromatic rings. The summed E-state index contributed by atoms with van der Waals surface area (Å²) in [6.07, 6.45) is 0. The third kappa shape index (κ3) is 6.14. The Bertz CT molecular complexity index is 1170. The van der Waals surface area contributed by atoms with Crippen LogP contribution in [0.25, 0.3) is 0 Å². The Labute approximate surface area is 198 Å². The Balaban J connectivity index is 1.54. The number of thioether (sulfide) groups is 1. The van der Waals surface area contributed by atoms with E-state index in [-0.39, 0.29) is 29.1 Å². The second-order valence-electron chi connectivity index (χ2n) is 6.68. The molecule has 0 aliphatic rings. The number of hydrogen-bond donors (Lipinski definition) is 2. The lowest BCUT2D eigenvalue weighted by Gasteiger charge is -2.10. The minimum atomic E-state index is -0.616. The number of carbonyl (C=O) groups excluding carboxylic acids is 2. The summed E-state index contributed by atoms with van der Waals surface area (Å²) >= 11 is 6.79. The maximum absolute atomic E-state index is 13.5. The van der Waals surface area contributed by atoms with Gasteiger partial charge >= 0.3 is 0 Å². The largest absolute Gasteiger partial charge is 0.493 e. The molecule has 0 saturated carbocycles. The molecule has 33 heavy (non-hydrogen) atoms. The number of nitrogens with zero attached hydrogens (tertiary/aromatic N) is 3. The molecule has 0 atom stereocenters. The molecule has 0 unspecified atom stereocenters. The number of carbonyl (C=O) groups is 2. The third-order valence-electron chi connectivity index (χ3n) is 4.51. The molecule has 0 spiro atoms. The van der Waals surface area contributed by atoms with Crippen LogP contribution < -0.4 is 20.1 Å². The van der Waals surface area contributed by atoms with E-state index < -0.39 is 5.82 Å². The highest BCUT2D eigenvalue weighted by Gasteiger charge is 2.15. The van der Waals surface area contributed by atoms with Crippen LogP contribution in [0.2, 0.25) is 5.02 Å². The number of aromatic nitrogens is 3. The van der Waals surface area contributed by atoms with E-state index >= 15 is 0 Å². The molecule has 9 nitrogen and oxygen atoms in total. The van der Waals surface area contributed by atoms with Gasteiger partial charge in [-0.05, 0) is 36.4 Å². The van der Waals surface area contributed by atoms with Gasteiger partial charge < -0.3 is 24.7 Å². The Morgan fingerprint density at radius 1 is 1.12 bits per heavy atom. The predicted molar refractivity (Wildman–Crippen MR) is 122 cm³/mol. The van der Waals surface area contributed by atoms with Gasteiger partial charge in [-0.25, -0.2) is 4.39 Å². The van der Waals surface area contributed by atoms with Crippen LogP contribution in [0.3, 0.4) is 0 Å². The minimum absolute atomic E-state index is 0.0211. The van der Waals surface area contributed by atoms with Gasteiger partial charge in [0.25, 0.3) is 5.91 Å². The molecule has 1 heterocycles. The Morgan fingerprint density at radius 2 is 1.88 bits per heavy atom. The highest BCUT2D eigenvalue weighted by Crippen LogP contribution is 2.27. The highest BCUT2D eigenvalue weighted by atomic mass is 35.5. The molecular formula is C21H21ClFN5O4S.